The van der Waals surface area contributed by atoms with Gasteiger partial charge in [0.2, 0.25) is 0 Å². The minimum Gasteiger partial charge on any atom is -0.0625 e. The average molecular weight is 106 g/mol. The van der Waals surface area contributed by atoms with Gasteiger partial charge in [-0.1, -0.05) is 26.6 Å². The lowest BCUT2D eigenvalue weighted by Gasteiger charge is -1.96. The molecule has 1 unspecified atom stereocenters. The van der Waals surface area contributed by atoms with Crippen molar-refractivity contribution in [2.45, 2.75) is 33.0 Å². The van der Waals surface area contributed by atoms with Crippen molar-refractivity contribution in [3.8, 4) is 0 Å². The summed E-state index contributed by atoms with van der Waals surface area (Å²) in [5, 5.41) is 0. The van der Waals surface area contributed by atoms with Crippen molar-refractivity contribution in [2.24, 2.45) is 11.8 Å². The summed E-state index contributed by atoms with van der Waals surface area (Å²) in [5.74, 6) is -4.58. The summed E-state index contributed by atoms with van der Waals surface area (Å²) >= 11 is 0. The number of hydrogen-bond donors (Lipinski definition) is 0. The number of rotatable bonds is 0. The fraction of sp³-hybridized carbons (Fsp3) is 1.00. The number of hydrogen-bond acceptors (Lipinski definition) is 0. The third-order valence-corrected chi connectivity index (χ3v) is 0.812. The Balaban J connectivity index is 3.55. The van der Waals surface area contributed by atoms with Gasteiger partial charge in [0.25, 0.3) is 0 Å². The van der Waals surface area contributed by atoms with E-state index in [-0.39, 0.29) is 0 Å². The second-order valence-corrected chi connectivity index (χ2v) is 1.62. The summed E-state index contributed by atoms with van der Waals surface area (Å²) in [4.78, 5) is 0. The average Bonchev–Trinajstić information content (AvgIpc) is 2.04. The molecule has 0 aromatic carbocycles. The Labute approximate surface area is 57.2 Å². The monoisotopic (exact) mass is 106 g/mol. The third kappa shape index (κ3) is 1.19. The van der Waals surface area contributed by atoms with Crippen LogP contribution in [-0.4, -0.2) is 0 Å². The molecule has 1 aliphatic carbocycles. The van der Waals surface area contributed by atoms with Crippen LogP contribution < -0.4 is 0 Å². The maximum atomic E-state index is 7.69. The molecule has 0 saturated heterocycles. The molecule has 0 amide bonds. The molecule has 0 aliphatic heterocycles. The van der Waals surface area contributed by atoms with E-state index >= 15 is 0 Å². The lowest BCUT2D eigenvalue weighted by Crippen LogP contribution is -1.84. The molecule has 0 nitrogen and oxygen atoms in total. The normalized spacial score (nSPS) is 101. The van der Waals surface area contributed by atoms with Crippen LogP contribution in [0.3, 0.4) is 0 Å². The SMILES string of the molecule is [2H]C1([2H])C([2H])(C)C([2H])([2H])[C@]([2H])(C)C1([2H])[2H]. The quantitative estimate of drug-likeness (QED) is 0.445. The van der Waals surface area contributed by atoms with Crippen LogP contribution in [0.5, 0.6) is 0 Å². The molecule has 0 radical (unpaired) electrons. The van der Waals surface area contributed by atoms with E-state index in [0.717, 1.165) is 13.8 Å². The highest BCUT2D eigenvalue weighted by molar-refractivity contribution is 4.68. The summed E-state index contributed by atoms with van der Waals surface area (Å²) < 4.78 is 60.8. The van der Waals surface area contributed by atoms with Crippen LogP contribution in [0.4, 0.5) is 0 Å². The second kappa shape index (κ2) is 1.85. The van der Waals surface area contributed by atoms with Gasteiger partial charge in [0.1, 0.15) is 0 Å². The zero-order valence-corrected chi connectivity index (χ0v) is 4.50. The largest absolute Gasteiger partial charge is 0.0625 e. The van der Waals surface area contributed by atoms with Gasteiger partial charge < -0.3 is 0 Å². The van der Waals surface area contributed by atoms with Crippen LogP contribution in [0.25, 0.3) is 0 Å². The predicted octanol–water partition coefficient (Wildman–Crippen LogP) is 2.44. The highest BCUT2D eigenvalue weighted by Crippen LogP contribution is 2.29. The van der Waals surface area contributed by atoms with E-state index in [2.05, 4.69) is 0 Å². The first-order valence-electron chi connectivity index (χ1n) is 6.25. The van der Waals surface area contributed by atoms with Gasteiger partial charge in [-0.2, -0.15) is 0 Å². The van der Waals surface area contributed by atoms with Gasteiger partial charge >= 0.3 is 0 Å². The fourth-order valence-electron chi connectivity index (χ4n) is 0.531. The zero-order chi connectivity index (χ0) is 12.5. The third-order valence-electron chi connectivity index (χ3n) is 0.812. The van der Waals surface area contributed by atoms with Crippen LogP contribution in [0.15, 0.2) is 0 Å². The van der Waals surface area contributed by atoms with Gasteiger partial charge in [0.15, 0.2) is 0 Å². The fourth-order valence-corrected chi connectivity index (χ4v) is 0.531. The van der Waals surface area contributed by atoms with Crippen molar-refractivity contribution in [1.29, 1.82) is 0 Å². The van der Waals surface area contributed by atoms with E-state index in [1.54, 1.807) is 0 Å². The Bertz CT molecular complexity index is 200. The lowest BCUT2D eigenvalue weighted by atomic mass is 10.1. The van der Waals surface area contributed by atoms with E-state index in [1.807, 2.05) is 0 Å². The standard InChI is InChI=1S/C7H14/c1-6-3-4-7(2)5-6/h6-7H,3-5H2,1-2H3/t6-,7?/m1/s1/i3D2,4D2,5D2,6D,7D. The van der Waals surface area contributed by atoms with Gasteiger partial charge in [-0.05, 0) is 18.2 Å². The van der Waals surface area contributed by atoms with Gasteiger partial charge in [0.05, 0.1) is 0 Å². The summed E-state index contributed by atoms with van der Waals surface area (Å²) in [7, 11) is 0. The first-order valence-corrected chi connectivity index (χ1v) is 2.25. The topological polar surface area (TPSA) is 0 Å². The van der Waals surface area contributed by atoms with Crippen molar-refractivity contribution in [3.05, 3.63) is 0 Å². The van der Waals surface area contributed by atoms with Gasteiger partial charge in [0, 0.05) is 11.0 Å². The molecule has 2 atom stereocenters. The highest BCUT2D eigenvalue weighted by Gasteiger charge is 2.15. The first-order chi connectivity index (χ1) is 6.25. The molecule has 7 heavy (non-hydrogen) atoms. The molecule has 1 fully saturated rings. The summed E-state index contributed by atoms with van der Waals surface area (Å²) in [5.41, 5.74) is 0. The second-order valence-electron chi connectivity index (χ2n) is 1.62. The molecule has 1 rings (SSSR count). The van der Waals surface area contributed by atoms with Crippen molar-refractivity contribution in [3.63, 3.8) is 0 Å². The summed E-state index contributed by atoms with van der Waals surface area (Å²) in [6.07, 6.45) is -7.98. The van der Waals surface area contributed by atoms with Gasteiger partial charge in [-0.15, -0.1) is 0 Å². The Morgan fingerprint density at radius 3 is 2.00 bits per heavy atom. The maximum Gasteiger partial charge on any atom is 0.0300 e. The molecular weight excluding hydrogens is 84.1 g/mol. The van der Waals surface area contributed by atoms with Crippen LogP contribution >= 0.6 is 0 Å². The Morgan fingerprint density at radius 2 is 1.86 bits per heavy atom. The zero-order valence-electron chi connectivity index (χ0n) is 12.5. The predicted molar refractivity (Wildman–Crippen MR) is 32.2 cm³/mol. The Morgan fingerprint density at radius 1 is 1.43 bits per heavy atom. The van der Waals surface area contributed by atoms with E-state index in [1.165, 1.54) is 0 Å². The highest BCUT2D eigenvalue weighted by atomic mass is 14.2. The van der Waals surface area contributed by atoms with Crippen LogP contribution in [0.2, 0.25) is 0 Å². The van der Waals surface area contributed by atoms with E-state index in [9.17, 15) is 0 Å². The summed E-state index contributed by atoms with van der Waals surface area (Å²) in [6, 6.07) is 0. The van der Waals surface area contributed by atoms with Crippen molar-refractivity contribution in [2.75, 3.05) is 0 Å². The minimum atomic E-state index is -2.71. The smallest absolute Gasteiger partial charge is 0.0300 e. The van der Waals surface area contributed by atoms with Gasteiger partial charge in [-0.25, -0.2) is 0 Å². The van der Waals surface area contributed by atoms with E-state index < -0.39 is 30.9 Å². The van der Waals surface area contributed by atoms with Crippen molar-refractivity contribution >= 4 is 0 Å². The van der Waals surface area contributed by atoms with Crippen molar-refractivity contribution < 1.29 is 11.0 Å². The summed E-state index contributed by atoms with van der Waals surface area (Å²) in [6.45, 7) is 2.01. The van der Waals surface area contributed by atoms with E-state index in [0.29, 0.717) is 0 Å². The molecule has 0 spiro atoms. The molecule has 0 bridgehead atoms. The van der Waals surface area contributed by atoms with Crippen LogP contribution in [0, 0.1) is 11.8 Å². The molecule has 0 heterocycles. The van der Waals surface area contributed by atoms with Crippen LogP contribution in [-0.2, 0) is 0 Å². The minimum absolute atomic E-state index is 1.00. The molecule has 0 N–H and O–H groups in total. The molecular formula is C7H14. The lowest BCUT2D eigenvalue weighted by molar-refractivity contribution is 0.555. The molecule has 0 aromatic heterocycles. The Hall–Kier alpha value is 0. The molecule has 42 valence electrons. The van der Waals surface area contributed by atoms with Gasteiger partial charge in [-0.3, -0.25) is 0 Å². The molecule has 1 aliphatic rings. The molecule has 0 aromatic rings. The maximum absolute atomic E-state index is 7.69. The van der Waals surface area contributed by atoms with Crippen LogP contribution in [0.1, 0.15) is 43.9 Å². The molecule has 0 heteroatoms. The Kier molecular flexibility index (Phi) is 0.296. The van der Waals surface area contributed by atoms with E-state index in [4.69, 9.17) is 11.0 Å². The van der Waals surface area contributed by atoms with Crippen molar-refractivity contribution in [1.82, 2.24) is 0 Å². The first kappa shape index (κ1) is 1.12. The molecule has 1 saturated carbocycles.